The number of halogens is 2. The van der Waals surface area contributed by atoms with E-state index in [1.807, 2.05) is 6.92 Å². The van der Waals surface area contributed by atoms with Gasteiger partial charge in [0.1, 0.15) is 5.75 Å². The van der Waals surface area contributed by atoms with Gasteiger partial charge in [0, 0.05) is 17.8 Å². The number of rotatable bonds is 3. The largest absolute Gasteiger partial charge is 0.454 e. The molecule has 1 N–H and O–H groups in total. The summed E-state index contributed by atoms with van der Waals surface area (Å²) >= 11 is 12.2. The fourth-order valence-corrected chi connectivity index (χ4v) is 3.89. The van der Waals surface area contributed by atoms with Crippen molar-refractivity contribution in [1.82, 2.24) is 0 Å². The molecule has 1 saturated carbocycles. The van der Waals surface area contributed by atoms with Crippen molar-refractivity contribution in [2.24, 2.45) is 0 Å². The first kappa shape index (κ1) is 16.2. The highest BCUT2D eigenvalue weighted by molar-refractivity contribution is 6.37. The predicted molar refractivity (Wildman–Crippen MR) is 93.9 cm³/mol. The highest BCUT2D eigenvalue weighted by atomic mass is 35.5. The Balaban J connectivity index is 1.76. The van der Waals surface area contributed by atoms with Crippen LogP contribution in [0.1, 0.15) is 24.0 Å². The molecular weight excluding hydrogens is 367 g/mol. The zero-order valence-corrected chi connectivity index (χ0v) is 14.6. The van der Waals surface area contributed by atoms with Crippen molar-refractivity contribution < 1.29 is 14.5 Å². The van der Waals surface area contributed by atoms with E-state index in [1.165, 1.54) is 12.1 Å². The second-order valence-electron chi connectivity index (χ2n) is 6.25. The van der Waals surface area contributed by atoms with Crippen molar-refractivity contribution in [3.05, 3.63) is 55.6 Å². The molecule has 0 aromatic heterocycles. The number of fused-ring (bicyclic) bond motifs is 2. The summed E-state index contributed by atoms with van der Waals surface area (Å²) in [5, 5.41) is 13.9. The second kappa shape index (κ2) is 5.34. The van der Waals surface area contributed by atoms with Gasteiger partial charge in [0.2, 0.25) is 5.91 Å². The normalized spacial score (nSPS) is 16.5. The fraction of sp³-hybridized carbons (Fsp3) is 0.235. The number of non-ortho nitro benzene ring substituents is 1. The number of nitrogens with zero attached hydrogens (tertiary/aromatic N) is 1. The average Bonchev–Trinajstić information content (AvgIpc) is 3.28. The van der Waals surface area contributed by atoms with E-state index in [4.69, 9.17) is 27.9 Å². The molecule has 0 saturated heterocycles. The van der Waals surface area contributed by atoms with Crippen LogP contribution in [0, 0.1) is 17.0 Å². The first-order valence-electron chi connectivity index (χ1n) is 7.60. The number of carbonyl (C=O) groups is 1. The summed E-state index contributed by atoms with van der Waals surface area (Å²) in [6, 6.07) is 5.90. The fourth-order valence-electron chi connectivity index (χ4n) is 3.34. The van der Waals surface area contributed by atoms with Crippen LogP contribution < -0.4 is 10.1 Å². The van der Waals surface area contributed by atoms with E-state index in [1.54, 1.807) is 12.1 Å². The lowest BCUT2D eigenvalue weighted by Gasteiger charge is -2.15. The molecule has 0 atom stereocenters. The standard InChI is InChI=1S/C17H12Cl2N2O4/c1-8-13(3-2-12-14(8)17(4-5-17)16(22)20-12)25-15-10(18)6-9(21(23)24)7-11(15)19/h2-3,6-7H,4-5H2,1H3,(H,20,22). The molecule has 1 heterocycles. The van der Waals surface area contributed by atoms with Gasteiger partial charge in [-0.15, -0.1) is 0 Å². The van der Waals surface area contributed by atoms with Crippen LogP contribution in [-0.4, -0.2) is 10.8 Å². The Bertz CT molecular complexity index is 931. The van der Waals surface area contributed by atoms with Crippen molar-refractivity contribution >= 4 is 40.5 Å². The summed E-state index contributed by atoms with van der Waals surface area (Å²) in [7, 11) is 0. The van der Waals surface area contributed by atoms with E-state index < -0.39 is 10.3 Å². The lowest BCUT2D eigenvalue weighted by molar-refractivity contribution is -0.384. The van der Waals surface area contributed by atoms with Gasteiger partial charge in [-0.05, 0) is 43.0 Å². The van der Waals surface area contributed by atoms with Gasteiger partial charge in [0.15, 0.2) is 5.75 Å². The minimum Gasteiger partial charge on any atom is -0.454 e. The van der Waals surface area contributed by atoms with E-state index in [0.717, 1.165) is 29.7 Å². The van der Waals surface area contributed by atoms with Crippen LogP contribution >= 0.6 is 23.2 Å². The molecule has 25 heavy (non-hydrogen) atoms. The highest BCUT2D eigenvalue weighted by Crippen LogP contribution is 2.57. The van der Waals surface area contributed by atoms with E-state index in [9.17, 15) is 14.9 Å². The lowest BCUT2D eigenvalue weighted by atomic mass is 9.93. The number of hydrogen-bond donors (Lipinski definition) is 1. The van der Waals surface area contributed by atoms with Crippen molar-refractivity contribution in [2.45, 2.75) is 25.2 Å². The Labute approximate surface area is 152 Å². The Morgan fingerprint density at radius 1 is 1.24 bits per heavy atom. The molecule has 8 heteroatoms. The van der Waals surface area contributed by atoms with Gasteiger partial charge < -0.3 is 10.1 Å². The molecule has 4 rings (SSSR count). The first-order chi connectivity index (χ1) is 11.8. The molecule has 2 aliphatic rings. The second-order valence-corrected chi connectivity index (χ2v) is 7.06. The van der Waals surface area contributed by atoms with E-state index in [0.29, 0.717) is 5.75 Å². The molecule has 1 fully saturated rings. The summed E-state index contributed by atoms with van der Waals surface area (Å²) in [4.78, 5) is 22.5. The monoisotopic (exact) mass is 378 g/mol. The third kappa shape index (κ3) is 2.36. The lowest BCUT2D eigenvalue weighted by Crippen LogP contribution is -2.19. The number of nitrogens with one attached hydrogen (secondary N) is 1. The van der Waals surface area contributed by atoms with Gasteiger partial charge in [-0.3, -0.25) is 14.9 Å². The van der Waals surface area contributed by atoms with E-state index in [2.05, 4.69) is 5.32 Å². The zero-order valence-electron chi connectivity index (χ0n) is 13.1. The molecule has 128 valence electrons. The number of anilines is 1. The molecule has 2 aromatic carbocycles. The molecular formula is C17H12Cl2N2O4. The Hall–Kier alpha value is -2.31. The van der Waals surface area contributed by atoms with Gasteiger partial charge in [-0.25, -0.2) is 0 Å². The Morgan fingerprint density at radius 2 is 1.88 bits per heavy atom. The Morgan fingerprint density at radius 3 is 2.44 bits per heavy atom. The maximum Gasteiger partial charge on any atom is 0.272 e. The number of benzene rings is 2. The molecule has 0 bridgehead atoms. The predicted octanol–water partition coefficient (Wildman–Crippen LogP) is 4.99. The summed E-state index contributed by atoms with van der Waals surface area (Å²) < 4.78 is 5.86. The van der Waals surface area contributed by atoms with Crippen molar-refractivity contribution in [1.29, 1.82) is 0 Å². The molecule has 2 aromatic rings. The number of hydrogen-bond acceptors (Lipinski definition) is 4. The van der Waals surface area contributed by atoms with Gasteiger partial charge in [-0.2, -0.15) is 0 Å². The summed E-state index contributed by atoms with van der Waals surface area (Å²) in [6.45, 7) is 1.88. The molecule has 1 amide bonds. The smallest absolute Gasteiger partial charge is 0.272 e. The number of ether oxygens (including phenoxy) is 1. The molecule has 0 unspecified atom stereocenters. The summed E-state index contributed by atoms with van der Waals surface area (Å²) in [5.41, 5.74) is 1.93. The molecule has 0 radical (unpaired) electrons. The van der Waals surface area contributed by atoms with Crippen LogP contribution in [0.5, 0.6) is 11.5 Å². The minimum atomic E-state index is -0.573. The average molecular weight is 379 g/mol. The highest BCUT2D eigenvalue weighted by Gasteiger charge is 2.57. The molecule has 6 nitrogen and oxygen atoms in total. The van der Waals surface area contributed by atoms with Gasteiger partial charge in [0.25, 0.3) is 5.69 Å². The number of carbonyl (C=O) groups excluding carboxylic acids is 1. The quantitative estimate of drug-likeness (QED) is 0.602. The van der Waals surface area contributed by atoms with Crippen molar-refractivity contribution in [2.75, 3.05) is 5.32 Å². The van der Waals surface area contributed by atoms with Crippen LogP contribution in [0.2, 0.25) is 10.0 Å². The van der Waals surface area contributed by atoms with Crippen LogP contribution in [0.3, 0.4) is 0 Å². The minimum absolute atomic E-state index is 0.0224. The maximum atomic E-state index is 12.2. The topological polar surface area (TPSA) is 81.5 Å². The molecule has 1 spiro atoms. The van der Waals surface area contributed by atoms with Crippen LogP contribution in [0.4, 0.5) is 11.4 Å². The van der Waals surface area contributed by atoms with Gasteiger partial charge >= 0.3 is 0 Å². The van der Waals surface area contributed by atoms with Crippen LogP contribution in [-0.2, 0) is 10.2 Å². The van der Waals surface area contributed by atoms with Crippen molar-refractivity contribution in [3.8, 4) is 11.5 Å². The zero-order chi connectivity index (χ0) is 17.9. The van der Waals surface area contributed by atoms with Gasteiger partial charge in [-0.1, -0.05) is 23.2 Å². The molecule has 1 aliphatic carbocycles. The summed E-state index contributed by atoms with van der Waals surface area (Å²) in [6.07, 6.45) is 1.63. The van der Waals surface area contributed by atoms with Crippen LogP contribution in [0.15, 0.2) is 24.3 Å². The third-order valence-electron chi connectivity index (χ3n) is 4.73. The SMILES string of the molecule is Cc1c(Oc2c(Cl)cc([N+](=O)[O-])cc2Cl)ccc2c1C1(CC1)C(=O)N2. The maximum absolute atomic E-state index is 12.2. The third-order valence-corrected chi connectivity index (χ3v) is 5.29. The first-order valence-corrected chi connectivity index (χ1v) is 8.36. The number of nitro groups is 1. The number of amides is 1. The van der Waals surface area contributed by atoms with Gasteiger partial charge in [0.05, 0.1) is 20.4 Å². The Kier molecular flexibility index (Phi) is 3.46. The van der Waals surface area contributed by atoms with E-state index in [-0.39, 0.29) is 27.4 Å². The van der Waals surface area contributed by atoms with E-state index >= 15 is 0 Å². The van der Waals surface area contributed by atoms with Crippen LogP contribution in [0.25, 0.3) is 0 Å². The number of nitro benzene ring substituents is 1. The summed E-state index contributed by atoms with van der Waals surface area (Å²) in [5.74, 6) is 0.687. The van der Waals surface area contributed by atoms with Crippen molar-refractivity contribution in [3.63, 3.8) is 0 Å². The molecule has 1 aliphatic heterocycles.